The third kappa shape index (κ3) is 1.74. The third-order valence-corrected chi connectivity index (χ3v) is 3.50. The van der Waals surface area contributed by atoms with Gasteiger partial charge < -0.3 is 5.73 Å². The first-order valence-electron chi connectivity index (χ1n) is 6.17. The van der Waals surface area contributed by atoms with Crippen molar-refractivity contribution < 1.29 is 8.78 Å². The summed E-state index contributed by atoms with van der Waals surface area (Å²) >= 11 is 0. The molecule has 3 rings (SSSR count). The van der Waals surface area contributed by atoms with E-state index in [-0.39, 0.29) is 11.4 Å². The standard InChI is InChI=1S/C15H13F2N3/c1-8-5-12-13(6-9(8)2)20(7-19-12)15-11(18)4-3-10(16)14(15)17/h3-7H,18H2,1-2H3. The van der Waals surface area contributed by atoms with Crippen LogP contribution >= 0.6 is 0 Å². The maximum atomic E-state index is 14.0. The molecule has 1 heterocycles. The Kier molecular flexibility index (Phi) is 2.71. The molecular weight excluding hydrogens is 260 g/mol. The summed E-state index contributed by atoms with van der Waals surface area (Å²) in [7, 11) is 0. The zero-order valence-corrected chi connectivity index (χ0v) is 11.1. The van der Waals surface area contributed by atoms with Crippen LogP contribution in [0, 0.1) is 25.5 Å². The van der Waals surface area contributed by atoms with E-state index < -0.39 is 11.6 Å². The molecule has 0 radical (unpaired) electrons. The molecule has 2 aromatic carbocycles. The molecule has 0 amide bonds. The van der Waals surface area contributed by atoms with Gasteiger partial charge in [0.1, 0.15) is 12.0 Å². The van der Waals surface area contributed by atoms with Crippen molar-refractivity contribution in [3.8, 4) is 5.69 Å². The molecule has 0 atom stereocenters. The molecule has 2 N–H and O–H groups in total. The van der Waals surface area contributed by atoms with Gasteiger partial charge in [0.05, 0.1) is 16.7 Å². The number of hydrogen-bond acceptors (Lipinski definition) is 2. The van der Waals surface area contributed by atoms with Crippen molar-refractivity contribution >= 4 is 16.7 Å². The average Bonchev–Trinajstić information content (AvgIpc) is 2.78. The fourth-order valence-electron chi connectivity index (χ4n) is 2.24. The lowest BCUT2D eigenvalue weighted by Gasteiger charge is -2.10. The zero-order valence-electron chi connectivity index (χ0n) is 11.1. The third-order valence-electron chi connectivity index (χ3n) is 3.50. The van der Waals surface area contributed by atoms with Crippen LogP contribution in [0.1, 0.15) is 11.1 Å². The minimum absolute atomic E-state index is 0.00393. The number of fused-ring (bicyclic) bond motifs is 1. The van der Waals surface area contributed by atoms with Crippen molar-refractivity contribution in [3.63, 3.8) is 0 Å². The van der Waals surface area contributed by atoms with Crippen LogP contribution in [0.2, 0.25) is 0 Å². The van der Waals surface area contributed by atoms with Crippen LogP contribution in [0.25, 0.3) is 16.7 Å². The molecule has 20 heavy (non-hydrogen) atoms. The van der Waals surface area contributed by atoms with Crippen molar-refractivity contribution in [1.82, 2.24) is 9.55 Å². The molecule has 0 unspecified atom stereocenters. The van der Waals surface area contributed by atoms with E-state index in [9.17, 15) is 8.78 Å². The molecule has 3 nitrogen and oxygen atoms in total. The summed E-state index contributed by atoms with van der Waals surface area (Å²) in [4.78, 5) is 4.23. The summed E-state index contributed by atoms with van der Waals surface area (Å²) in [6.45, 7) is 3.93. The molecule has 0 saturated carbocycles. The van der Waals surface area contributed by atoms with Gasteiger partial charge in [-0.2, -0.15) is 0 Å². The summed E-state index contributed by atoms with van der Waals surface area (Å²) < 4.78 is 28.9. The Morgan fingerprint density at radius 3 is 2.55 bits per heavy atom. The Hall–Kier alpha value is -2.43. The van der Waals surface area contributed by atoms with Crippen LogP contribution in [0.15, 0.2) is 30.6 Å². The van der Waals surface area contributed by atoms with Gasteiger partial charge >= 0.3 is 0 Å². The van der Waals surface area contributed by atoms with E-state index >= 15 is 0 Å². The number of hydrogen-bond donors (Lipinski definition) is 1. The van der Waals surface area contributed by atoms with Crippen molar-refractivity contribution in [2.24, 2.45) is 0 Å². The average molecular weight is 273 g/mol. The van der Waals surface area contributed by atoms with Gasteiger partial charge in [0.15, 0.2) is 11.6 Å². The van der Waals surface area contributed by atoms with E-state index in [1.807, 2.05) is 26.0 Å². The highest BCUT2D eigenvalue weighted by Crippen LogP contribution is 2.28. The topological polar surface area (TPSA) is 43.8 Å². The van der Waals surface area contributed by atoms with E-state index in [1.165, 1.54) is 17.0 Å². The fraction of sp³-hybridized carbons (Fsp3) is 0.133. The molecule has 0 saturated heterocycles. The van der Waals surface area contributed by atoms with Crippen LogP contribution < -0.4 is 5.73 Å². The molecule has 0 aliphatic rings. The number of imidazole rings is 1. The van der Waals surface area contributed by atoms with Crippen molar-refractivity contribution in [1.29, 1.82) is 0 Å². The van der Waals surface area contributed by atoms with Gasteiger partial charge in [0.2, 0.25) is 0 Å². The first-order chi connectivity index (χ1) is 9.49. The van der Waals surface area contributed by atoms with Gasteiger partial charge in [-0.1, -0.05) is 0 Å². The minimum Gasteiger partial charge on any atom is -0.397 e. The zero-order chi connectivity index (χ0) is 14.4. The van der Waals surface area contributed by atoms with Gasteiger partial charge in [0, 0.05) is 0 Å². The number of aromatic nitrogens is 2. The molecule has 0 aliphatic heterocycles. The van der Waals surface area contributed by atoms with Gasteiger partial charge in [-0.05, 0) is 49.2 Å². The first kappa shape index (κ1) is 12.6. The lowest BCUT2D eigenvalue weighted by Crippen LogP contribution is -2.04. The fourth-order valence-corrected chi connectivity index (χ4v) is 2.24. The summed E-state index contributed by atoms with van der Waals surface area (Å²) in [6.07, 6.45) is 1.46. The predicted molar refractivity (Wildman–Crippen MR) is 74.9 cm³/mol. The summed E-state index contributed by atoms with van der Waals surface area (Å²) in [5, 5.41) is 0. The lowest BCUT2D eigenvalue weighted by atomic mass is 10.1. The lowest BCUT2D eigenvalue weighted by molar-refractivity contribution is 0.505. The largest absolute Gasteiger partial charge is 0.397 e. The van der Waals surface area contributed by atoms with Crippen LogP contribution in [0.3, 0.4) is 0 Å². The van der Waals surface area contributed by atoms with E-state index in [1.54, 1.807) is 0 Å². The Balaban J connectivity index is 2.36. The van der Waals surface area contributed by atoms with E-state index in [0.29, 0.717) is 5.52 Å². The molecule has 0 bridgehead atoms. The predicted octanol–water partition coefficient (Wildman–Crippen LogP) is 3.50. The van der Waals surface area contributed by atoms with Crippen LogP contribution in [0.4, 0.5) is 14.5 Å². The Labute approximate surface area is 114 Å². The van der Waals surface area contributed by atoms with Gasteiger partial charge in [0.25, 0.3) is 0 Å². The van der Waals surface area contributed by atoms with Crippen LogP contribution in [-0.4, -0.2) is 9.55 Å². The number of benzene rings is 2. The molecule has 1 aromatic heterocycles. The molecule has 3 aromatic rings. The highest BCUT2D eigenvalue weighted by Gasteiger charge is 2.16. The second kappa shape index (κ2) is 4.30. The SMILES string of the molecule is Cc1cc2ncn(-c3c(N)ccc(F)c3F)c2cc1C. The van der Waals surface area contributed by atoms with Gasteiger partial charge in [-0.25, -0.2) is 13.8 Å². The number of rotatable bonds is 1. The van der Waals surface area contributed by atoms with Gasteiger partial charge in [-0.3, -0.25) is 4.57 Å². The number of halogens is 2. The van der Waals surface area contributed by atoms with E-state index in [4.69, 9.17) is 5.73 Å². The van der Waals surface area contributed by atoms with E-state index in [2.05, 4.69) is 4.98 Å². The number of nitrogens with zero attached hydrogens (tertiary/aromatic N) is 2. The molecule has 0 fully saturated rings. The second-order valence-corrected chi connectivity index (χ2v) is 4.84. The maximum absolute atomic E-state index is 14.0. The minimum atomic E-state index is -0.970. The van der Waals surface area contributed by atoms with Gasteiger partial charge in [-0.15, -0.1) is 0 Å². The quantitative estimate of drug-likeness (QED) is 0.690. The highest BCUT2D eigenvalue weighted by atomic mass is 19.2. The number of anilines is 1. The number of nitrogen functional groups attached to an aromatic ring is 1. The smallest absolute Gasteiger partial charge is 0.184 e. The van der Waals surface area contributed by atoms with Crippen molar-refractivity contribution in [2.75, 3.05) is 5.73 Å². The monoisotopic (exact) mass is 273 g/mol. The Morgan fingerprint density at radius 1 is 1.10 bits per heavy atom. The molecular formula is C15H13F2N3. The van der Waals surface area contributed by atoms with Crippen LogP contribution in [0.5, 0.6) is 0 Å². The normalized spacial score (nSPS) is 11.2. The van der Waals surface area contributed by atoms with Crippen molar-refractivity contribution in [3.05, 3.63) is 53.4 Å². The molecule has 5 heteroatoms. The second-order valence-electron chi connectivity index (χ2n) is 4.84. The molecule has 0 spiro atoms. The summed E-state index contributed by atoms with van der Waals surface area (Å²) in [5.74, 6) is -1.90. The van der Waals surface area contributed by atoms with Crippen LogP contribution in [-0.2, 0) is 0 Å². The molecule has 0 aliphatic carbocycles. The number of aryl methyl sites for hydroxylation is 2. The Bertz CT molecular complexity index is 822. The summed E-state index contributed by atoms with van der Waals surface area (Å²) in [5.41, 5.74) is 9.51. The van der Waals surface area contributed by atoms with E-state index in [0.717, 1.165) is 22.7 Å². The first-order valence-corrected chi connectivity index (χ1v) is 6.17. The maximum Gasteiger partial charge on any atom is 0.184 e. The Morgan fingerprint density at radius 2 is 1.80 bits per heavy atom. The van der Waals surface area contributed by atoms with Crippen molar-refractivity contribution in [2.45, 2.75) is 13.8 Å². The molecule has 102 valence electrons. The number of nitrogens with two attached hydrogens (primary N) is 1. The highest BCUT2D eigenvalue weighted by molar-refractivity contribution is 5.80. The summed E-state index contributed by atoms with van der Waals surface area (Å²) in [6, 6.07) is 6.17.